The van der Waals surface area contributed by atoms with Gasteiger partial charge < -0.3 is 10.6 Å². The third kappa shape index (κ3) is 3.44. The molecule has 1 amide bonds. The maximum atomic E-state index is 12.7. The molecule has 0 aromatic heterocycles. The monoisotopic (exact) mass is 310 g/mol. The molecule has 21 heavy (non-hydrogen) atoms. The largest absolute Gasteiger partial charge is 0.324 e. The summed E-state index contributed by atoms with van der Waals surface area (Å²) in [5.41, 5.74) is -0.0632. The van der Waals surface area contributed by atoms with Crippen LogP contribution in [0.15, 0.2) is 29.2 Å². The molecule has 1 atom stereocenters. The maximum Gasteiger partial charge on any atom is 0.231 e. The summed E-state index contributed by atoms with van der Waals surface area (Å²) >= 11 is 0. The normalized spacial score (nSPS) is 22.2. The number of carbonyl (C=O) groups excluding carboxylic acids is 1. The quantitative estimate of drug-likeness (QED) is 0.870. The topological polar surface area (TPSA) is 75.3 Å². The zero-order valence-electron chi connectivity index (χ0n) is 12.5. The van der Waals surface area contributed by atoms with Crippen molar-refractivity contribution in [3.8, 4) is 0 Å². The Morgan fingerprint density at radius 1 is 1.38 bits per heavy atom. The highest BCUT2D eigenvalue weighted by Crippen LogP contribution is 2.33. The van der Waals surface area contributed by atoms with Crippen LogP contribution in [0.4, 0.5) is 5.69 Å². The highest BCUT2D eigenvalue weighted by Gasteiger charge is 2.40. The Balaban J connectivity index is 2.28. The minimum atomic E-state index is -3.37. The lowest BCUT2D eigenvalue weighted by molar-refractivity contribution is -0.125. The molecule has 1 aromatic rings. The highest BCUT2D eigenvalue weighted by molar-refractivity contribution is 7.90. The third-order valence-corrected chi connectivity index (χ3v) is 5.14. The van der Waals surface area contributed by atoms with E-state index in [0.29, 0.717) is 12.2 Å². The smallest absolute Gasteiger partial charge is 0.231 e. The van der Waals surface area contributed by atoms with Gasteiger partial charge in [-0.05, 0) is 31.5 Å². The lowest BCUT2D eigenvalue weighted by atomic mass is 9.81. The summed E-state index contributed by atoms with van der Waals surface area (Å²) in [6.07, 6.45) is 3.65. The minimum absolute atomic E-state index is 0.0922. The van der Waals surface area contributed by atoms with Gasteiger partial charge in [0, 0.05) is 12.8 Å². The van der Waals surface area contributed by atoms with Crippen LogP contribution in [0.3, 0.4) is 0 Å². The first-order valence-electron chi connectivity index (χ1n) is 7.20. The van der Waals surface area contributed by atoms with Crippen LogP contribution in [0.25, 0.3) is 0 Å². The summed E-state index contributed by atoms with van der Waals surface area (Å²) in [5, 5.41) is 6.06. The molecule has 2 rings (SSSR count). The van der Waals surface area contributed by atoms with Gasteiger partial charge in [-0.25, -0.2) is 8.42 Å². The summed E-state index contributed by atoms with van der Waals surface area (Å²) in [4.78, 5) is 12.8. The molecule has 0 aliphatic carbocycles. The second-order valence-electron chi connectivity index (χ2n) is 5.68. The predicted molar refractivity (Wildman–Crippen MR) is 83.0 cm³/mol. The Morgan fingerprint density at radius 2 is 2.10 bits per heavy atom. The van der Waals surface area contributed by atoms with Gasteiger partial charge >= 0.3 is 0 Å². The van der Waals surface area contributed by atoms with Crippen molar-refractivity contribution in [2.45, 2.75) is 31.1 Å². The van der Waals surface area contributed by atoms with E-state index in [1.807, 2.05) is 0 Å². The number of sulfone groups is 1. The van der Waals surface area contributed by atoms with Gasteiger partial charge in [0.25, 0.3) is 0 Å². The lowest BCUT2D eigenvalue weighted by Gasteiger charge is -2.26. The van der Waals surface area contributed by atoms with Crippen molar-refractivity contribution in [1.29, 1.82) is 0 Å². The summed E-state index contributed by atoms with van der Waals surface area (Å²) in [6, 6.07) is 6.54. The summed E-state index contributed by atoms with van der Waals surface area (Å²) in [5.74, 6) is -0.0922. The molecular formula is C15H22N2O3S. The Bertz CT molecular complexity index is 620. The van der Waals surface area contributed by atoms with Crippen molar-refractivity contribution in [2.75, 3.05) is 24.7 Å². The Kier molecular flexibility index (Phi) is 4.68. The van der Waals surface area contributed by atoms with Crippen molar-refractivity contribution in [3.63, 3.8) is 0 Å². The van der Waals surface area contributed by atoms with Crippen molar-refractivity contribution in [2.24, 2.45) is 5.41 Å². The molecule has 1 aromatic carbocycles. The Hall–Kier alpha value is -1.40. The Labute approximate surface area is 126 Å². The summed E-state index contributed by atoms with van der Waals surface area (Å²) < 4.78 is 23.6. The van der Waals surface area contributed by atoms with E-state index in [0.717, 1.165) is 32.1 Å². The molecule has 0 bridgehead atoms. The first-order valence-corrected chi connectivity index (χ1v) is 9.09. The van der Waals surface area contributed by atoms with Crippen LogP contribution in [-0.2, 0) is 14.6 Å². The van der Waals surface area contributed by atoms with Gasteiger partial charge in [-0.2, -0.15) is 0 Å². The van der Waals surface area contributed by atoms with Gasteiger partial charge in [0.2, 0.25) is 5.91 Å². The first-order chi connectivity index (χ1) is 9.89. The molecule has 6 heteroatoms. The van der Waals surface area contributed by atoms with Crippen LogP contribution in [0.2, 0.25) is 0 Å². The van der Waals surface area contributed by atoms with E-state index in [2.05, 4.69) is 17.6 Å². The number of para-hydroxylation sites is 1. The van der Waals surface area contributed by atoms with E-state index in [9.17, 15) is 13.2 Å². The van der Waals surface area contributed by atoms with Crippen LogP contribution < -0.4 is 10.6 Å². The molecule has 0 radical (unpaired) electrons. The van der Waals surface area contributed by atoms with Gasteiger partial charge in [0.1, 0.15) is 0 Å². The van der Waals surface area contributed by atoms with Crippen molar-refractivity contribution in [1.82, 2.24) is 5.32 Å². The predicted octanol–water partition coefficient (Wildman–Crippen LogP) is 1.81. The average molecular weight is 310 g/mol. The SMILES string of the molecule is CCCC1(C(=O)Nc2ccccc2S(C)(=O)=O)CCNC1. The molecular weight excluding hydrogens is 288 g/mol. The Morgan fingerprint density at radius 3 is 2.67 bits per heavy atom. The molecule has 2 N–H and O–H groups in total. The lowest BCUT2D eigenvalue weighted by Crippen LogP contribution is -2.38. The zero-order valence-corrected chi connectivity index (χ0v) is 13.3. The molecule has 1 fully saturated rings. The van der Waals surface area contributed by atoms with Gasteiger partial charge in [0.05, 0.1) is 16.0 Å². The highest BCUT2D eigenvalue weighted by atomic mass is 32.2. The minimum Gasteiger partial charge on any atom is -0.324 e. The van der Waals surface area contributed by atoms with E-state index >= 15 is 0 Å². The summed E-state index contributed by atoms with van der Waals surface area (Å²) in [6.45, 7) is 3.52. The molecule has 1 unspecified atom stereocenters. The molecule has 1 heterocycles. The number of anilines is 1. The molecule has 0 spiro atoms. The number of amides is 1. The number of hydrogen-bond donors (Lipinski definition) is 2. The average Bonchev–Trinajstić information content (AvgIpc) is 2.88. The maximum absolute atomic E-state index is 12.7. The van der Waals surface area contributed by atoms with E-state index in [1.165, 1.54) is 6.07 Å². The van der Waals surface area contributed by atoms with Gasteiger partial charge in [-0.1, -0.05) is 25.5 Å². The molecule has 0 saturated carbocycles. The number of nitrogens with one attached hydrogen (secondary N) is 2. The fourth-order valence-corrected chi connectivity index (χ4v) is 3.74. The van der Waals surface area contributed by atoms with Crippen LogP contribution in [0.1, 0.15) is 26.2 Å². The third-order valence-electron chi connectivity index (χ3n) is 3.99. The second-order valence-corrected chi connectivity index (χ2v) is 7.66. The van der Waals surface area contributed by atoms with E-state index in [1.54, 1.807) is 18.2 Å². The van der Waals surface area contributed by atoms with Crippen LogP contribution >= 0.6 is 0 Å². The standard InChI is InChI=1S/C15H22N2O3S/c1-3-8-15(9-10-16-11-15)14(18)17-12-6-4-5-7-13(12)21(2,19)20/h4-7,16H,3,8-11H2,1-2H3,(H,17,18). The molecule has 1 saturated heterocycles. The first kappa shape index (κ1) is 16.0. The summed E-state index contributed by atoms with van der Waals surface area (Å²) in [7, 11) is -3.37. The van der Waals surface area contributed by atoms with E-state index in [-0.39, 0.29) is 10.8 Å². The van der Waals surface area contributed by atoms with E-state index in [4.69, 9.17) is 0 Å². The molecule has 1 aliphatic heterocycles. The number of carbonyl (C=O) groups is 1. The van der Waals surface area contributed by atoms with Crippen molar-refractivity contribution >= 4 is 21.4 Å². The zero-order chi connectivity index (χ0) is 15.5. The van der Waals surface area contributed by atoms with Gasteiger partial charge in [-0.3, -0.25) is 4.79 Å². The van der Waals surface area contributed by atoms with Crippen molar-refractivity contribution < 1.29 is 13.2 Å². The number of benzene rings is 1. The van der Waals surface area contributed by atoms with Crippen molar-refractivity contribution in [3.05, 3.63) is 24.3 Å². The van der Waals surface area contributed by atoms with Gasteiger partial charge in [-0.15, -0.1) is 0 Å². The van der Waals surface area contributed by atoms with Gasteiger partial charge in [0.15, 0.2) is 9.84 Å². The molecule has 116 valence electrons. The molecule has 1 aliphatic rings. The van der Waals surface area contributed by atoms with Crippen LogP contribution in [0, 0.1) is 5.41 Å². The van der Waals surface area contributed by atoms with Crippen LogP contribution in [0.5, 0.6) is 0 Å². The number of hydrogen-bond acceptors (Lipinski definition) is 4. The van der Waals surface area contributed by atoms with E-state index < -0.39 is 15.3 Å². The number of rotatable bonds is 5. The fourth-order valence-electron chi connectivity index (χ4n) is 2.89. The van der Waals surface area contributed by atoms with Crippen LogP contribution in [-0.4, -0.2) is 33.7 Å². The fraction of sp³-hybridized carbons (Fsp3) is 0.533. The second kappa shape index (κ2) is 6.15. The molecule has 5 nitrogen and oxygen atoms in total.